The van der Waals surface area contributed by atoms with Crippen LogP contribution in [0, 0.1) is 5.92 Å². The predicted molar refractivity (Wildman–Crippen MR) is 61.5 cm³/mol. The maximum atomic E-state index is 6.22. The zero-order valence-corrected chi connectivity index (χ0v) is 9.58. The summed E-state index contributed by atoms with van der Waals surface area (Å²) in [6.45, 7) is 1.96. The van der Waals surface area contributed by atoms with E-state index in [0.717, 1.165) is 19.1 Å². The van der Waals surface area contributed by atoms with Crippen LogP contribution in [-0.4, -0.2) is 25.4 Å². The lowest BCUT2D eigenvalue weighted by atomic mass is 9.83. The normalized spacial score (nSPS) is 29.0. The summed E-state index contributed by atoms with van der Waals surface area (Å²) in [6, 6.07) is 0.437. The van der Waals surface area contributed by atoms with Gasteiger partial charge in [0.25, 0.3) is 0 Å². The van der Waals surface area contributed by atoms with Gasteiger partial charge in [0.05, 0.1) is 6.61 Å². The van der Waals surface area contributed by atoms with Crippen LogP contribution in [0.1, 0.15) is 44.9 Å². The van der Waals surface area contributed by atoms with Gasteiger partial charge in [-0.15, -0.1) is 0 Å². The summed E-state index contributed by atoms with van der Waals surface area (Å²) in [4.78, 5) is 0. The Labute approximate surface area is 92.7 Å². The van der Waals surface area contributed by atoms with Gasteiger partial charge in [0.15, 0.2) is 0 Å². The van der Waals surface area contributed by atoms with E-state index in [4.69, 9.17) is 10.5 Å². The summed E-state index contributed by atoms with van der Waals surface area (Å²) < 4.78 is 5.09. The first kappa shape index (κ1) is 11.4. The van der Waals surface area contributed by atoms with Crippen molar-refractivity contribution in [1.29, 1.82) is 0 Å². The van der Waals surface area contributed by atoms with Gasteiger partial charge in [-0.1, -0.05) is 19.3 Å². The van der Waals surface area contributed by atoms with Crippen LogP contribution in [0.3, 0.4) is 0 Å². The predicted octanol–water partition coefficient (Wildman–Crippen LogP) is 1.62. The van der Waals surface area contributed by atoms with Gasteiger partial charge in [0, 0.05) is 6.04 Å². The fourth-order valence-corrected chi connectivity index (χ4v) is 2.56. The van der Waals surface area contributed by atoms with Crippen LogP contribution in [0.2, 0.25) is 0 Å². The fraction of sp³-hybridized carbons (Fsp3) is 1.00. The van der Waals surface area contributed by atoms with Crippen molar-refractivity contribution < 1.29 is 4.74 Å². The molecule has 3 heteroatoms. The summed E-state index contributed by atoms with van der Waals surface area (Å²) >= 11 is 0. The Morgan fingerprint density at radius 1 is 1.27 bits per heavy atom. The molecule has 3 N–H and O–H groups in total. The highest BCUT2D eigenvalue weighted by Crippen LogP contribution is 2.27. The van der Waals surface area contributed by atoms with Gasteiger partial charge < -0.3 is 10.5 Å². The Morgan fingerprint density at radius 2 is 2.00 bits per heavy atom. The summed E-state index contributed by atoms with van der Waals surface area (Å²) in [5.41, 5.74) is 6.22. The first-order chi connectivity index (χ1) is 7.36. The van der Waals surface area contributed by atoms with Gasteiger partial charge in [-0.25, -0.2) is 0 Å². The maximum absolute atomic E-state index is 6.22. The lowest BCUT2D eigenvalue weighted by Gasteiger charge is -2.27. The molecule has 0 bridgehead atoms. The van der Waals surface area contributed by atoms with E-state index in [1.807, 2.05) is 0 Å². The minimum absolute atomic E-state index is 0.357. The third-order valence-electron chi connectivity index (χ3n) is 3.67. The molecule has 2 fully saturated rings. The molecule has 0 amide bonds. The molecular formula is C12H24N2O. The second kappa shape index (κ2) is 5.83. The van der Waals surface area contributed by atoms with E-state index >= 15 is 0 Å². The topological polar surface area (TPSA) is 50.6 Å². The molecule has 1 saturated carbocycles. The third-order valence-corrected chi connectivity index (χ3v) is 3.67. The highest BCUT2D eigenvalue weighted by molar-refractivity contribution is 4.77. The molecule has 2 rings (SSSR count). The van der Waals surface area contributed by atoms with Crippen molar-refractivity contribution in [3.63, 3.8) is 0 Å². The molecular weight excluding hydrogens is 188 g/mol. The molecule has 0 aromatic rings. The number of ether oxygens (including phenoxy) is 1. The molecule has 1 aliphatic heterocycles. The summed E-state index contributed by atoms with van der Waals surface area (Å²) in [7, 11) is 0. The van der Waals surface area contributed by atoms with Gasteiger partial charge in [-0.2, -0.15) is 0 Å². The van der Waals surface area contributed by atoms with E-state index in [9.17, 15) is 0 Å². The van der Waals surface area contributed by atoms with E-state index in [2.05, 4.69) is 5.32 Å². The second-order valence-corrected chi connectivity index (χ2v) is 4.98. The van der Waals surface area contributed by atoms with Crippen LogP contribution in [0.15, 0.2) is 0 Å². The average molecular weight is 212 g/mol. The molecule has 15 heavy (non-hydrogen) atoms. The molecule has 3 nitrogen and oxygen atoms in total. The van der Waals surface area contributed by atoms with Crippen molar-refractivity contribution in [3.05, 3.63) is 0 Å². The smallest absolute Gasteiger partial charge is 0.132 e. The molecule has 0 radical (unpaired) electrons. The van der Waals surface area contributed by atoms with Crippen LogP contribution in [-0.2, 0) is 4.74 Å². The van der Waals surface area contributed by atoms with Crippen LogP contribution >= 0.6 is 0 Å². The number of nitrogens with one attached hydrogen (secondary N) is 1. The van der Waals surface area contributed by atoms with E-state index in [-0.39, 0.29) is 0 Å². The van der Waals surface area contributed by atoms with Crippen molar-refractivity contribution in [2.24, 2.45) is 11.7 Å². The highest BCUT2D eigenvalue weighted by Gasteiger charge is 2.22. The summed E-state index contributed by atoms with van der Waals surface area (Å²) in [6.07, 6.45) is 9.65. The quantitative estimate of drug-likeness (QED) is 0.519. The van der Waals surface area contributed by atoms with Crippen LogP contribution in [0.25, 0.3) is 0 Å². The van der Waals surface area contributed by atoms with Crippen LogP contribution < -0.4 is 11.1 Å². The lowest BCUT2D eigenvalue weighted by Crippen LogP contribution is -2.32. The van der Waals surface area contributed by atoms with Crippen LogP contribution in [0.4, 0.5) is 0 Å². The van der Waals surface area contributed by atoms with Crippen molar-refractivity contribution >= 4 is 0 Å². The Kier molecular flexibility index (Phi) is 4.42. The molecule has 1 aliphatic carbocycles. The zero-order chi connectivity index (χ0) is 10.5. The van der Waals surface area contributed by atoms with Crippen LogP contribution in [0.5, 0.6) is 0 Å². The summed E-state index contributed by atoms with van der Waals surface area (Å²) in [5, 5.41) is 3.34. The van der Waals surface area contributed by atoms with Gasteiger partial charge in [-0.05, 0) is 38.1 Å². The monoisotopic (exact) mass is 212 g/mol. The highest BCUT2D eigenvalue weighted by atomic mass is 16.6. The SMILES string of the molecule is NC(CCCNC1CO1)C1CCCCC1. The number of epoxide rings is 1. The van der Waals surface area contributed by atoms with E-state index in [1.54, 1.807) is 0 Å². The fourth-order valence-electron chi connectivity index (χ4n) is 2.56. The van der Waals surface area contributed by atoms with Crippen molar-refractivity contribution in [1.82, 2.24) is 5.32 Å². The maximum Gasteiger partial charge on any atom is 0.132 e. The zero-order valence-electron chi connectivity index (χ0n) is 9.58. The standard InChI is InChI=1S/C12H24N2O/c13-11(10-5-2-1-3-6-10)7-4-8-14-12-9-15-12/h10-12,14H,1-9,13H2. The Morgan fingerprint density at radius 3 is 2.67 bits per heavy atom. The molecule has 2 unspecified atom stereocenters. The molecule has 1 saturated heterocycles. The minimum atomic E-state index is 0.357. The van der Waals surface area contributed by atoms with E-state index in [0.29, 0.717) is 12.3 Å². The van der Waals surface area contributed by atoms with E-state index < -0.39 is 0 Å². The summed E-state index contributed by atoms with van der Waals surface area (Å²) in [5.74, 6) is 0.802. The molecule has 0 aromatic heterocycles. The molecule has 2 atom stereocenters. The Hall–Kier alpha value is -0.120. The third kappa shape index (κ3) is 4.09. The second-order valence-electron chi connectivity index (χ2n) is 4.98. The van der Waals surface area contributed by atoms with Crippen molar-refractivity contribution in [3.8, 4) is 0 Å². The van der Waals surface area contributed by atoms with Gasteiger partial charge in [-0.3, -0.25) is 5.32 Å². The van der Waals surface area contributed by atoms with E-state index in [1.165, 1.54) is 44.9 Å². The number of hydrogen-bond acceptors (Lipinski definition) is 3. The Bertz CT molecular complexity index is 176. The van der Waals surface area contributed by atoms with Gasteiger partial charge >= 0.3 is 0 Å². The number of hydrogen-bond donors (Lipinski definition) is 2. The van der Waals surface area contributed by atoms with Crippen molar-refractivity contribution in [2.75, 3.05) is 13.2 Å². The molecule has 88 valence electrons. The molecule has 0 spiro atoms. The van der Waals surface area contributed by atoms with Crippen molar-refractivity contribution in [2.45, 2.75) is 57.2 Å². The first-order valence-electron chi connectivity index (χ1n) is 6.47. The largest absolute Gasteiger partial charge is 0.357 e. The first-order valence-corrected chi connectivity index (χ1v) is 6.47. The minimum Gasteiger partial charge on any atom is -0.357 e. The molecule has 2 aliphatic rings. The van der Waals surface area contributed by atoms with Gasteiger partial charge in [0.2, 0.25) is 0 Å². The Balaban J connectivity index is 1.52. The number of nitrogens with two attached hydrogens (primary N) is 1. The molecule has 1 heterocycles. The molecule has 0 aromatic carbocycles. The number of rotatable bonds is 6. The van der Waals surface area contributed by atoms with Gasteiger partial charge in [0.1, 0.15) is 6.23 Å². The lowest BCUT2D eigenvalue weighted by molar-refractivity contribution is 0.288. The average Bonchev–Trinajstić information content (AvgIpc) is 3.09.